The zero-order chi connectivity index (χ0) is 12.1. The highest BCUT2D eigenvalue weighted by atomic mass is 79.9. The molecular weight excluding hydrogens is 296 g/mol. The third-order valence-corrected chi connectivity index (χ3v) is 4.35. The molecule has 2 fully saturated rings. The van der Waals surface area contributed by atoms with Crippen molar-refractivity contribution in [3.05, 3.63) is 22.8 Å². The highest BCUT2D eigenvalue weighted by Crippen LogP contribution is 2.35. The molecule has 94 valence electrons. The van der Waals surface area contributed by atoms with E-state index in [0.717, 1.165) is 23.0 Å². The Balaban J connectivity index is 1.61. The van der Waals surface area contributed by atoms with Crippen LogP contribution < -0.4 is 5.32 Å². The number of ether oxygens (including phenoxy) is 1. The SMILES string of the molecule is Brc1cccn2nc(NC3CC4CCC3O4)nc12. The maximum atomic E-state index is 5.82. The minimum absolute atomic E-state index is 0.338. The fourth-order valence-electron chi connectivity index (χ4n) is 2.89. The minimum atomic E-state index is 0.338. The molecule has 0 radical (unpaired) electrons. The van der Waals surface area contributed by atoms with Crippen LogP contribution in [-0.4, -0.2) is 32.8 Å². The summed E-state index contributed by atoms with van der Waals surface area (Å²) in [6, 6.07) is 4.27. The number of fused-ring (bicyclic) bond motifs is 3. The lowest BCUT2D eigenvalue weighted by Crippen LogP contribution is -2.30. The van der Waals surface area contributed by atoms with E-state index >= 15 is 0 Å². The molecule has 4 rings (SSSR count). The third kappa shape index (κ3) is 1.63. The van der Waals surface area contributed by atoms with Crippen LogP contribution in [0.25, 0.3) is 5.65 Å². The average molecular weight is 309 g/mol. The molecule has 4 heterocycles. The molecule has 0 saturated carbocycles. The van der Waals surface area contributed by atoms with Gasteiger partial charge in [-0.2, -0.15) is 4.98 Å². The molecule has 0 spiro atoms. The molecule has 0 aromatic carbocycles. The first-order chi connectivity index (χ1) is 8.79. The van der Waals surface area contributed by atoms with Crippen molar-refractivity contribution in [2.75, 3.05) is 5.32 Å². The van der Waals surface area contributed by atoms with Crippen molar-refractivity contribution in [3.63, 3.8) is 0 Å². The van der Waals surface area contributed by atoms with Gasteiger partial charge in [-0.05, 0) is 47.3 Å². The first-order valence-corrected chi connectivity index (χ1v) is 7.02. The van der Waals surface area contributed by atoms with Crippen molar-refractivity contribution in [2.45, 2.75) is 37.5 Å². The lowest BCUT2D eigenvalue weighted by Gasteiger charge is -2.18. The van der Waals surface area contributed by atoms with E-state index in [4.69, 9.17) is 4.74 Å². The zero-order valence-corrected chi connectivity index (χ0v) is 11.3. The van der Waals surface area contributed by atoms with Crippen LogP contribution in [0.3, 0.4) is 0 Å². The smallest absolute Gasteiger partial charge is 0.243 e. The van der Waals surface area contributed by atoms with Crippen LogP contribution in [-0.2, 0) is 4.74 Å². The number of nitrogens with zero attached hydrogens (tertiary/aromatic N) is 3. The fraction of sp³-hybridized carbons (Fsp3) is 0.500. The standard InChI is InChI=1S/C12H13BrN4O/c13-8-2-1-5-17-11(8)15-12(16-17)14-9-6-7-3-4-10(9)18-7/h1-2,5,7,9-10H,3-4,6H2,(H,14,16). The van der Waals surface area contributed by atoms with Gasteiger partial charge in [0.05, 0.1) is 22.7 Å². The summed E-state index contributed by atoms with van der Waals surface area (Å²) >= 11 is 3.48. The molecule has 6 heteroatoms. The second-order valence-electron chi connectivity index (χ2n) is 4.92. The minimum Gasteiger partial charge on any atom is -0.373 e. The topological polar surface area (TPSA) is 51.5 Å². The second-order valence-corrected chi connectivity index (χ2v) is 5.77. The Hall–Kier alpha value is -1.14. The molecule has 2 aliphatic rings. The van der Waals surface area contributed by atoms with Crippen LogP contribution in [0.1, 0.15) is 19.3 Å². The van der Waals surface area contributed by atoms with Crippen LogP contribution in [0.5, 0.6) is 0 Å². The summed E-state index contributed by atoms with van der Waals surface area (Å²) in [6.07, 6.45) is 6.10. The molecule has 2 aromatic heterocycles. The number of rotatable bonds is 2. The van der Waals surface area contributed by atoms with Crippen LogP contribution in [0.15, 0.2) is 22.8 Å². The zero-order valence-electron chi connectivity index (χ0n) is 9.71. The molecule has 2 saturated heterocycles. The number of aromatic nitrogens is 3. The van der Waals surface area contributed by atoms with Gasteiger partial charge in [-0.3, -0.25) is 0 Å². The van der Waals surface area contributed by atoms with Crippen molar-refractivity contribution in [1.29, 1.82) is 0 Å². The van der Waals surface area contributed by atoms with Crippen molar-refractivity contribution < 1.29 is 4.74 Å². The predicted octanol–water partition coefficient (Wildman–Crippen LogP) is 2.22. The van der Waals surface area contributed by atoms with E-state index < -0.39 is 0 Å². The van der Waals surface area contributed by atoms with Crippen LogP contribution in [0.4, 0.5) is 5.95 Å². The first kappa shape index (κ1) is 10.8. The van der Waals surface area contributed by atoms with E-state index in [2.05, 4.69) is 31.3 Å². The molecule has 3 atom stereocenters. The Morgan fingerprint density at radius 1 is 1.44 bits per heavy atom. The summed E-state index contributed by atoms with van der Waals surface area (Å²) in [7, 11) is 0. The Kier molecular flexibility index (Phi) is 2.35. The number of hydrogen-bond donors (Lipinski definition) is 1. The Morgan fingerprint density at radius 3 is 3.11 bits per heavy atom. The van der Waals surface area contributed by atoms with Gasteiger partial charge >= 0.3 is 0 Å². The summed E-state index contributed by atoms with van der Waals surface area (Å²) in [6.45, 7) is 0. The van der Waals surface area contributed by atoms with Gasteiger partial charge in [-0.1, -0.05) is 0 Å². The molecule has 1 N–H and O–H groups in total. The number of pyridine rings is 1. The van der Waals surface area contributed by atoms with E-state index in [1.165, 1.54) is 6.42 Å². The van der Waals surface area contributed by atoms with E-state index in [0.29, 0.717) is 24.2 Å². The average Bonchev–Trinajstić information content (AvgIpc) is 3.03. The van der Waals surface area contributed by atoms with Gasteiger partial charge in [-0.15, -0.1) is 5.10 Å². The van der Waals surface area contributed by atoms with Crippen LogP contribution in [0, 0.1) is 0 Å². The maximum Gasteiger partial charge on any atom is 0.243 e. The van der Waals surface area contributed by atoms with E-state index in [1.807, 2.05) is 18.3 Å². The maximum absolute atomic E-state index is 5.82. The summed E-state index contributed by atoms with van der Waals surface area (Å²) in [5.41, 5.74) is 0.837. The van der Waals surface area contributed by atoms with Crippen molar-refractivity contribution in [1.82, 2.24) is 14.6 Å². The van der Waals surface area contributed by atoms with Crippen molar-refractivity contribution in [3.8, 4) is 0 Å². The van der Waals surface area contributed by atoms with Gasteiger partial charge in [0.2, 0.25) is 5.95 Å². The lowest BCUT2D eigenvalue weighted by atomic mass is 9.96. The normalized spacial score (nSPS) is 30.2. The van der Waals surface area contributed by atoms with E-state index in [9.17, 15) is 0 Å². The Morgan fingerprint density at radius 2 is 2.39 bits per heavy atom. The van der Waals surface area contributed by atoms with Gasteiger partial charge in [0.15, 0.2) is 5.65 Å². The van der Waals surface area contributed by atoms with Crippen LogP contribution in [0.2, 0.25) is 0 Å². The molecular formula is C12H13BrN4O. The lowest BCUT2D eigenvalue weighted by molar-refractivity contribution is 0.102. The second kappa shape index (κ2) is 3.93. The van der Waals surface area contributed by atoms with Gasteiger partial charge in [0.25, 0.3) is 0 Å². The summed E-state index contributed by atoms with van der Waals surface area (Å²) in [5, 5.41) is 7.83. The summed E-state index contributed by atoms with van der Waals surface area (Å²) < 4.78 is 8.55. The van der Waals surface area contributed by atoms with Gasteiger partial charge < -0.3 is 10.1 Å². The number of nitrogens with one attached hydrogen (secondary N) is 1. The van der Waals surface area contributed by atoms with E-state index in [1.54, 1.807) is 4.52 Å². The molecule has 2 aromatic rings. The largest absolute Gasteiger partial charge is 0.373 e. The van der Waals surface area contributed by atoms with Gasteiger partial charge in [0, 0.05) is 6.20 Å². The molecule has 5 nitrogen and oxygen atoms in total. The molecule has 2 bridgehead atoms. The van der Waals surface area contributed by atoms with E-state index in [-0.39, 0.29) is 0 Å². The molecule has 0 amide bonds. The van der Waals surface area contributed by atoms with Crippen molar-refractivity contribution >= 4 is 27.5 Å². The molecule has 3 unspecified atom stereocenters. The monoisotopic (exact) mass is 308 g/mol. The third-order valence-electron chi connectivity index (χ3n) is 3.74. The fourth-order valence-corrected chi connectivity index (χ4v) is 3.31. The first-order valence-electron chi connectivity index (χ1n) is 6.22. The van der Waals surface area contributed by atoms with Crippen LogP contribution >= 0.6 is 15.9 Å². The molecule has 0 aliphatic carbocycles. The summed E-state index contributed by atoms with van der Waals surface area (Å²) in [5.74, 6) is 0.683. The van der Waals surface area contributed by atoms with Gasteiger partial charge in [0.1, 0.15) is 0 Å². The quantitative estimate of drug-likeness (QED) is 0.924. The highest BCUT2D eigenvalue weighted by molar-refractivity contribution is 9.10. The molecule has 18 heavy (non-hydrogen) atoms. The highest BCUT2D eigenvalue weighted by Gasteiger charge is 2.41. The Bertz CT molecular complexity index is 599. The Labute approximate surface area is 113 Å². The predicted molar refractivity (Wildman–Crippen MR) is 70.6 cm³/mol. The van der Waals surface area contributed by atoms with Gasteiger partial charge in [-0.25, -0.2) is 4.52 Å². The summed E-state index contributed by atoms with van der Waals surface area (Å²) in [4.78, 5) is 4.50. The number of hydrogen-bond acceptors (Lipinski definition) is 4. The number of halogens is 1. The van der Waals surface area contributed by atoms with Crippen molar-refractivity contribution in [2.24, 2.45) is 0 Å². The number of anilines is 1. The molecule has 2 aliphatic heterocycles.